The lowest BCUT2D eigenvalue weighted by Crippen LogP contribution is -2.29. The number of nitrogens with two attached hydrogens (primary N) is 1. The molecule has 1 atom stereocenters. The fourth-order valence-electron chi connectivity index (χ4n) is 3.09. The Hall–Kier alpha value is -1.97. The normalized spacial score (nSPS) is 18.3. The highest BCUT2D eigenvalue weighted by molar-refractivity contribution is 5.87. The van der Waals surface area contributed by atoms with Crippen LogP contribution in [0.1, 0.15) is 24.6 Å². The third-order valence-electron chi connectivity index (χ3n) is 3.99. The van der Waals surface area contributed by atoms with Crippen molar-refractivity contribution in [2.24, 2.45) is 11.7 Å². The Labute approximate surface area is 112 Å². The molecule has 3 rings (SSSR count). The maximum Gasteiger partial charge on any atom is 0.220 e. The number of aromatic nitrogens is 1. The van der Waals surface area contributed by atoms with Crippen LogP contribution >= 0.6 is 0 Å². The van der Waals surface area contributed by atoms with Crippen molar-refractivity contribution >= 4 is 16.8 Å². The summed E-state index contributed by atoms with van der Waals surface area (Å²) in [7, 11) is 0. The molecule has 1 aliphatic rings. The molecule has 19 heavy (non-hydrogen) atoms. The molecule has 1 amide bonds. The smallest absolute Gasteiger partial charge is 0.220 e. The molecule has 4 nitrogen and oxygen atoms in total. The lowest BCUT2D eigenvalue weighted by molar-refractivity contribution is -0.122. The topological polar surface area (TPSA) is 60.1 Å². The minimum Gasteiger partial charge on any atom is -0.369 e. The number of hydrogen-bond acceptors (Lipinski definition) is 2. The van der Waals surface area contributed by atoms with Gasteiger partial charge in [0.25, 0.3) is 0 Å². The first-order chi connectivity index (χ1) is 9.22. The maximum absolute atomic E-state index is 11.4. The Balaban J connectivity index is 2.16. The minimum atomic E-state index is -0.175. The molecule has 1 aromatic heterocycles. The molecule has 0 fully saturated rings. The lowest BCUT2D eigenvalue weighted by atomic mass is 9.86. The predicted molar refractivity (Wildman–Crippen MR) is 76.5 cm³/mol. The average Bonchev–Trinajstić information content (AvgIpc) is 2.74. The van der Waals surface area contributed by atoms with Gasteiger partial charge in [0.05, 0.1) is 5.52 Å². The number of amides is 1. The van der Waals surface area contributed by atoms with Crippen molar-refractivity contribution in [3.05, 3.63) is 35.5 Å². The molecule has 1 aliphatic carbocycles. The summed E-state index contributed by atoms with van der Waals surface area (Å²) in [5, 5.41) is 1.24. The standard InChI is InChI=1S/C15H19N3O/c1-2-17-18-13-6-4-3-5-11(13)12-9-10(15(16)19)7-8-14(12)18/h3-6,10,17H,2,7-9H2,1H3,(H2,16,19). The van der Waals surface area contributed by atoms with Crippen molar-refractivity contribution in [1.82, 2.24) is 4.68 Å². The fourth-order valence-corrected chi connectivity index (χ4v) is 3.09. The molecule has 1 heterocycles. The highest BCUT2D eigenvalue weighted by atomic mass is 16.1. The van der Waals surface area contributed by atoms with Crippen molar-refractivity contribution in [3.8, 4) is 0 Å². The molecule has 0 spiro atoms. The molecule has 0 saturated heterocycles. The van der Waals surface area contributed by atoms with Gasteiger partial charge in [-0.2, -0.15) is 0 Å². The van der Waals surface area contributed by atoms with Crippen LogP contribution in [0, 0.1) is 5.92 Å². The SMILES string of the molecule is CCNn1c2c(c3ccccc31)CC(C(N)=O)CC2. The molecule has 100 valence electrons. The number of para-hydroxylation sites is 1. The number of nitrogens with zero attached hydrogens (tertiary/aromatic N) is 1. The molecule has 0 aliphatic heterocycles. The summed E-state index contributed by atoms with van der Waals surface area (Å²) in [6.45, 7) is 2.97. The van der Waals surface area contributed by atoms with Crippen LogP contribution in [0.15, 0.2) is 24.3 Å². The second-order valence-corrected chi connectivity index (χ2v) is 5.13. The monoisotopic (exact) mass is 257 g/mol. The average molecular weight is 257 g/mol. The second kappa shape index (κ2) is 4.61. The Morgan fingerprint density at radius 3 is 3.00 bits per heavy atom. The van der Waals surface area contributed by atoms with Crippen LogP contribution in [-0.2, 0) is 17.6 Å². The van der Waals surface area contributed by atoms with Gasteiger partial charge in [-0.15, -0.1) is 0 Å². The zero-order valence-corrected chi connectivity index (χ0v) is 11.1. The summed E-state index contributed by atoms with van der Waals surface area (Å²) in [5.41, 5.74) is 12.7. The van der Waals surface area contributed by atoms with Gasteiger partial charge in [-0.25, -0.2) is 0 Å². The van der Waals surface area contributed by atoms with Gasteiger partial charge in [-0.1, -0.05) is 18.2 Å². The van der Waals surface area contributed by atoms with Crippen LogP contribution in [0.25, 0.3) is 10.9 Å². The number of fused-ring (bicyclic) bond motifs is 3. The zero-order valence-electron chi connectivity index (χ0n) is 11.1. The number of primary amides is 1. The maximum atomic E-state index is 11.4. The van der Waals surface area contributed by atoms with Gasteiger partial charge in [0.2, 0.25) is 5.91 Å². The zero-order chi connectivity index (χ0) is 13.4. The van der Waals surface area contributed by atoms with E-state index in [-0.39, 0.29) is 11.8 Å². The molecule has 1 aromatic carbocycles. The highest BCUT2D eigenvalue weighted by Crippen LogP contribution is 2.33. The molecular weight excluding hydrogens is 238 g/mol. The van der Waals surface area contributed by atoms with E-state index in [1.807, 2.05) is 12.1 Å². The summed E-state index contributed by atoms with van der Waals surface area (Å²) < 4.78 is 2.18. The van der Waals surface area contributed by atoms with Gasteiger partial charge in [0.15, 0.2) is 0 Å². The molecule has 0 bridgehead atoms. The number of nitrogens with one attached hydrogen (secondary N) is 1. The van der Waals surface area contributed by atoms with E-state index in [0.717, 1.165) is 25.8 Å². The molecule has 0 saturated carbocycles. The van der Waals surface area contributed by atoms with E-state index in [4.69, 9.17) is 5.73 Å². The second-order valence-electron chi connectivity index (χ2n) is 5.13. The van der Waals surface area contributed by atoms with Crippen molar-refractivity contribution in [1.29, 1.82) is 0 Å². The summed E-state index contributed by atoms with van der Waals surface area (Å²) in [6.07, 6.45) is 2.53. The first-order valence-corrected chi connectivity index (χ1v) is 6.86. The van der Waals surface area contributed by atoms with Crippen LogP contribution < -0.4 is 11.2 Å². The quantitative estimate of drug-likeness (QED) is 0.880. The van der Waals surface area contributed by atoms with E-state index in [1.54, 1.807) is 0 Å². The van der Waals surface area contributed by atoms with E-state index < -0.39 is 0 Å². The largest absolute Gasteiger partial charge is 0.369 e. The Kier molecular flexibility index (Phi) is 2.93. The van der Waals surface area contributed by atoms with E-state index in [1.165, 1.54) is 22.2 Å². The first-order valence-electron chi connectivity index (χ1n) is 6.86. The molecule has 0 radical (unpaired) electrons. The van der Waals surface area contributed by atoms with E-state index >= 15 is 0 Å². The van der Waals surface area contributed by atoms with Crippen LogP contribution in [0.4, 0.5) is 0 Å². The summed E-state index contributed by atoms with van der Waals surface area (Å²) in [4.78, 5) is 11.4. The third kappa shape index (κ3) is 1.87. The van der Waals surface area contributed by atoms with Crippen LogP contribution in [0.3, 0.4) is 0 Å². The molecule has 4 heteroatoms. The van der Waals surface area contributed by atoms with Gasteiger partial charge in [0, 0.05) is 23.5 Å². The number of carbonyl (C=O) groups is 1. The van der Waals surface area contributed by atoms with Gasteiger partial charge < -0.3 is 11.2 Å². The number of carbonyl (C=O) groups excluding carboxylic acids is 1. The van der Waals surface area contributed by atoms with Crippen molar-refractivity contribution in [2.75, 3.05) is 12.0 Å². The Bertz CT molecular complexity index is 630. The number of rotatable bonds is 3. The minimum absolute atomic E-state index is 0.0200. The van der Waals surface area contributed by atoms with E-state index in [9.17, 15) is 4.79 Å². The highest BCUT2D eigenvalue weighted by Gasteiger charge is 2.27. The van der Waals surface area contributed by atoms with E-state index in [2.05, 4.69) is 29.2 Å². The third-order valence-corrected chi connectivity index (χ3v) is 3.99. The summed E-state index contributed by atoms with van der Waals surface area (Å²) in [5.74, 6) is -0.195. The van der Waals surface area contributed by atoms with E-state index in [0.29, 0.717) is 0 Å². The van der Waals surface area contributed by atoms with Crippen LogP contribution in [0.2, 0.25) is 0 Å². The molecule has 2 aromatic rings. The fraction of sp³-hybridized carbons (Fsp3) is 0.400. The van der Waals surface area contributed by atoms with Crippen molar-refractivity contribution in [2.45, 2.75) is 26.2 Å². The number of hydrogen-bond donors (Lipinski definition) is 2. The Morgan fingerprint density at radius 1 is 1.47 bits per heavy atom. The Morgan fingerprint density at radius 2 is 2.26 bits per heavy atom. The van der Waals surface area contributed by atoms with Gasteiger partial charge in [-0.3, -0.25) is 9.47 Å². The molecule has 1 unspecified atom stereocenters. The van der Waals surface area contributed by atoms with Gasteiger partial charge in [-0.05, 0) is 37.8 Å². The first kappa shape index (κ1) is 12.1. The summed E-state index contributed by atoms with van der Waals surface area (Å²) in [6, 6.07) is 8.35. The van der Waals surface area contributed by atoms with Crippen molar-refractivity contribution < 1.29 is 4.79 Å². The predicted octanol–water partition coefficient (Wildman–Crippen LogP) is 1.79. The molecular formula is C15H19N3O. The van der Waals surface area contributed by atoms with Gasteiger partial charge in [0.1, 0.15) is 0 Å². The molecule has 3 N–H and O–H groups in total. The lowest BCUT2D eigenvalue weighted by Gasteiger charge is -2.21. The van der Waals surface area contributed by atoms with Crippen LogP contribution in [-0.4, -0.2) is 17.1 Å². The van der Waals surface area contributed by atoms with Crippen molar-refractivity contribution in [3.63, 3.8) is 0 Å². The summed E-state index contributed by atoms with van der Waals surface area (Å²) >= 11 is 0. The van der Waals surface area contributed by atoms with Gasteiger partial charge >= 0.3 is 0 Å². The van der Waals surface area contributed by atoms with Crippen LogP contribution in [0.5, 0.6) is 0 Å². The number of benzene rings is 1.